The summed E-state index contributed by atoms with van der Waals surface area (Å²) >= 11 is 1.04. The van der Waals surface area contributed by atoms with Gasteiger partial charge in [-0.3, -0.25) is 14.4 Å². The molecule has 1 aromatic heterocycles. The van der Waals surface area contributed by atoms with E-state index in [9.17, 15) is 27.6 Å². The third-order valence-corrected chi connectivity index (χ3v) is 8.33. The number of anilines is 1. The molecule has 0 saturated carbocycles. The number of amides is 2. The molecule has 0 saturated heterocycles. The molecule has 3 N–H and O–H groups in total. The van der Waals surface area contributed by atoms with Gasteiger partial charge >= 0.3 is 12.3 Å². The van der Waals surface area contributed by atoms with Crippen LogP contribution in [0.25, 0.3) is 15.8 Å². The maximum absolute atomic E-state index is 13.7. The van der Waals surface area contributed by atoms with Crippen LogP contribution >= 0.6 is 11.3 Å². The Morgan fingerprint density at radius 2 is 1.76 bits per heavy atom. The van der Waals surface area contributed by atoms with E-state index in [4.69, 9.17) is 5.11 Å². The number of rotatable bonds is 11. The topological polar surface area (TPSA) is 118 Å². The minimum atomic E-state index is -4.83. The van der Waals surface area contributed by atoms with Gasteiger partial charge < -0.3 is 20.5 Å². The van der Waals surface area contributed by atoms with Crippen molar-refractivity contribution in [3.63, 3.8) is 0 Å². The van der Waals surface area contributed by atoms with Crippen LogP contribution in [0.5, 0.6) is 5.75 Å². The van der Waals surface area contributed by atoms with Crippen molar-refractivity contribution in [3.8, 4) is 5.75 Å². The molecule has 45 heavy (non-hydrogen) atoms. The van der Waals surface area contributed by atoms with E-state index >= 15 is 0 Å². The zero-order valence-electron chi connectivity index (χ0n) is 24.0. The van der Waals surface area contributed by atoms with E-state index in [1.54, 1.807) is 24.3 Å². The average molecular weight is 638 g/mol. The molecule has 1 aliphatic carbocycles. The Hall–Kier alpha value is -4.71. The fraction of sp³-hybridized carbons (Fsp3) is 0.273. The van der Waals surface area contributed by atoms with Crippen LogP contribution < -0.4 is 15.4 Å². The fourth-order valence-electron chi connectivity index (χ4n) is 5.15. The molecule has 12 heteroatoms. The lowest BCUT2D eigenvalue weighted by atomic mass is 9.88. The maximum atomic E-state index is 13.7. The maximum Gasteiger partial charge on any atom is 0.573 e. The Labute approximate surface area is 260 Å². The quantitative estimate of drug-likeness (QED) is 0.159. The molecule has 0 spiro atoms. The summed E-state index contributed by atoms with van der Waals surface area (Å²) in [5.41, 5.74) is 4.73. The summed E-state index contributed by atoms with van der Waals surface area (Å²) in [4.78, 5) is 41.2. The number of hydrogen-bond donors (Lipinski definition) is 3. The predicted octanol–water partition coefficient (Wildman–Crippen LogP) is 7.32. The van der Waals surface area contributed by atoms with Crippen molar-refractivity contribution < 1.29 is 37.4 Å². The molecule has 1 atom stereocenters. The Morgan fingerprint density at radius 3 is 2.42 bits per heavy atom. The Kier molecular flexibility index (Phi) is 9.82. The molecular weight excluding hydrogens is 607 g/mol. The second-order valence-corrected chi connectivity index (χ2v) is 11.7. The Morgan fingerprint density at radius 1 is 1.00 bits per heavy atom. The zero-order valence-corrected chi connectivity index (χ0v) is 24.8. The van der Waals surface area contributed by atoms with Gasteiger partial charge in [-0.2, -0.15) is 0 Å². The van der Waals surface area contributed by atoms with Crippen LogP contribution in [0.1, 0.15) is 65.1 Å². The molecule has 4 aromatic rings. The molecule has 234 valence electrons. The molecule has 1 unspecified atom stereocenters. The smallest absolute Gasteiger partial charge is 0.481 e. The molecule has 0 bridgehead atoms. The molecule has 0 aliphatic heterocycles. The van der Waals surface area contributed by atoms with Crippen molar-refractivity contribution in [3.05, 3.63) is 95.1 Å². The van der Waals surface area contributed by atoms with Gasteiger partial charge in [0.2, 0.25) is 5.91 Å². The first-order valence-electron chi connectivity index (χ1n) is 14.4. The Bertz CT molecular complexity index is 1720. The number of thiazole rings is 1. The zero-order chi connectivity index (χ0) is 32.0. The monoisotopic (exact) mass is 637 g/mol. The molecule has 3 aromatic carbocycles. The minimum absolute atomic E-state index is 0.00743. The number of aromatic nitrogens is 1. The van der Waals surface area contributed by atoms with Crippen molar-refractivity contribution in [2.24, 2.45) is 0 Å². The van der Waals surface area contributed by atoms with Crippen molar-refractivity contribution in [1.29, 1.82) is 0 Å². The van der Waals surface area contributed by atoms with Gasteiger partial charge in [0.15, 0.2) is 5.13 Å². The van der Waals surface area contributed by atoms with E-state index in [1.165, 1.54) is 30.2 Å². The SMILES string of the molecule is O=C(O)CCNC(=O)c1ccc(CC(C(=O)Nc2nc3ccc(OC(F)(F)F)cc3s2)c2ccc(C3=CCCCC3)cc2)cc1. The molecular formula is C33H30F3N3O5S. The first-order chi connectivity index (χ1) is 21.5. The standard InChI is InChI=1S/C33H30F3N3O5S/c34-33(35,36)44-25-14-15-27-28(19-25)45-32(38-27)39-31(43)26(23-12-10-22(11-13-23)21-4-2-1-3-5-21)18-20-6-8-24(9-7-20)30(42)37-17-16-29(40)41/h4,6-15,19,26H,1-3,5,16-18H2,(H,37,42)(H,40,41)(H,38,39,43). The number of nitrogens with one attached hydrogen (secondary N) is 2. The van der Waals surface area contributed by atoms with Crippen LogP contribution in [-0.2, 0) is 16.0 Å². The van der Waals surface area contributed by atoms with Crippen LogP contribution in [0.3, 0.4) is 0 Å². The number of fused-ring (bicyclic) bond motifs is 1. The molecule has 8 nitrogen and oxygen atoms in total. The predicted molar refractivity (Wildman–Crippen MR) is 165 cm³/mol. The van der Waals surface area contributed by atoms with E-state index in [0.29, 0.717) is 22.2 Å². The summed E-state index contributed by atoms with van der Waals surface area (Å²) in [5, 5.41) is 14.4. The number of carbonyl (C=O) groups is 3. The number of nitrogens with zero attached hydrogens (tertiary/aromatic N) is 1. The first-order valence-corrected chi connectivity index (χ1v) is 15.2. The lowest BCUT2D eigenvalue weighted by Crippen LogP contribution is -2.26. The number of carboxylic acid groups (broad SMARTS) is 1. The second kappa shape index (κ2) is 13.9. The molecule has 1 heterocycles. The molecule has 2 amide bonds. The summed E-state index contributed by atoms with van der Waals surface area (Å²) in [6, 6.07) is 18.4. The van der Waals surface area contributed by atoms with Crippen LogP contribution in [0.15, 0.2) is 72.8 Å². The number of allylic oxidation sites excluding steroid dienone is 2. The third-order valence-electron chi connectivity index (χ3n) is 7.40. The second-order valence-electron chi connectivity index (χ2n) is 10.6. The number of alkyl halides is 3. The largest absolute Gasteiger partial charge is 0.573 e. The number of benzene rings is 3. The van der Waals surface area contributed by atoms with Gasteiger partial charge in [-0.1, -0.05) is 53.8 Å². The van der Waals surface area contributed by atoms with E-state index in [1.807, 2.05) is 24.3 Å². The van der Waals surface area contributed by atoms with Gasteiger partial charge in [0.25, 0.3) is 5.91 Å². The van der Waals surface area contributed by atoms with Crippen molar-refractivity contribution in [1.82, 2.24) is 10.3 Å². The lowest BCUT2D eigenvalue weighted by molar-refractivity contribution is -0.274. The number of halogens is 3. The summed E-state index contributed by atoms with van der Waals surface area (Å²) in [7, 11) is 0. The summed E-state index contributed by atoms with van der Waals surface area (Å²) < 4.78 is 42.5. The minimum Gasteiger partial charge on any atom is -0.481 e. The summed E-state index contributed by atoms with van der Waals surface area (Å²) in [6.07, 6.45) is 1.90. The Balaban J connectivity index is 1.36. The highest BCUT2D eigenvalue weighted by molar-refractivity contribution is 7.22. The molecule has 0 radical (unpaired) electrons. The van der Waals surface area contributed by atoms with Crippen LogP contribution in [0.4, 0.5) is 18.3 Å². The number of hydrogen-bond acceptors (Lipinski definition) is 6. The normalized spacial score (nSPS) is 14.0. The summed E-state index contributed by atoms with van der Waals surface area (Å²) in [6.45, 7) is 0.00743. The summed E-state index contributed by atoms with van der Waals surface area (Å²) in [5.74, 6) is -2.78. The lowest BCUT2D eigenvalue weighted by Gasteiger charge is -2.18. The van der Waals surface area contributed by atoms with E-state index in [2.05, 4.69) is 26.4 Å². The molecule has 0 fully saturated rings. The number of carbonyl (C=O) groups excluding carboxylic acids is 2. The van der Waals surface area contributed by atoms with Crippen LogP contribution in [0.2, 0.25) is 0 Å². The first kappa shape index (κ1) is 31.7. The van der Waals surface area contributed by atoms with Crippen LogP contribution in [-0.4, -0.2) is 40.8 Å². The van der Waals surface area contributed by atoms with Gasteiger partial charge in [-0.25, -0.2) is 4.98 Å². The number of aliphatic carboxylic acids is 1. The average Bonchev–Trinajstić information content (AvgIpc) is 3.41. The van der Waals surface area contributed by atoms with Gasteiger partial charge in [0.1, 0.15) is 5.75 Å². The van der Waals surface area contributed by atoms with Crippen molar-refractivity contribution in [2.75, 3.05) is 11.9 Å². The number of ether oxygens (including phenoxy) is 1. The van der Waals surface area contributed by atoms with Gasteiger partial charge in [0.05, 0.1) is 22.6 Å². The van der Waals surface area contributed by atoms with E-state index in [0.717, 1.165) is 47.3 Å². The van der Waals surface area contributed by atoms with Gasteiger partial charge in [-0.15, -0.1) is 13.2 Å². The number of carboxylic acids is 1. The van der Waals surface area contributed by atoms with Crippen molar-refractivity contribution in [2.45, 2.75) is 50.8 Å². The van der Waals surface area contributed by atoms with E-state index in [-0.39, 0.29) is 29.8 Å². The van der Waals surface area contributed by atoms with Gasteiger partial charge in [-0.05, 0) is 78.6 Å². The molecule has 1 aliphatic rings. The fourth-order valence-corrected chi connectivity index (χ4v) is 6.05. The van der Waals surface area contributed by atoms with Crippen molar-refractivity contribution >= 4 is 50.0 Å². The van der Waals surface area contributed by atoms with Gasteiger partial charge in [0, 0.05) is 18.2 Å². The van der Waals surface area contributed by atoms with E-state index < -0.39 is 24.2 Å². The highest BCUT2D eigenvalue weighted by atomic mass is 32.1. The van der Waals surface area contributed by atoms with Crippen LogP contribution in [0, 0.1) is 0 Å². The highest BCUT2D eigenvalue weighted by Gasteiger charge is 2.31. The molecule has 5 rings (SSSR count). The highest BCUT2D eigenvalue weighted by Crippen LogP contribution is 2.33. The third kappa shape index (κ3) is 8.69.